The number of rotatable bonds is 3. The number of aromatic carboxylic acids is 1. The number of carboxylic acid groups (broad SMARTS) is 1. The predicted molar refractivity (Wildman–Crippen MR) is 87.5 cm³/mol. The molecule has 0 radical (unpaired) electrons. The number of carbonyl (C=O) groups excluding carboxylic acids is 2. The number of thioether (sulfide) groups is 1. The van der Waals surface area contributed by atoms with Crippen LogP contribution in [0, 0.1) is 6.92 Å². The largest absolute Gasteiger partial charge is 0.545 e. The van der Waals surface area contributed by atoms with Gasteiger partial charge in [0, 0.05) is 21.8 Å². The molecule has 0 bridgehead atoms. The van der Waals surface area contributed by atoms with Crippen LogP contribution in [0.15, 0.2) is 47.4 Å². The van der Waals surface area contributed by atoms with Gasteiger partial charge >= 0.3 is 0 Å². The normalized spacial score (nSPS) is 16.5. The molecule has 0 saturated carbocycles. The summed E-state index contributed by atoms with van der Waals surface area (Å²) in [5.41, 5.74) is 2.24. The minimum absolute atomic E-state index is 0.0129. The van der Waals surface area contributed by atoms with E-state index in [9.17, 15) is 14.7 Å². The van der Waals surface area contributed by atoms with Crippen LogP contribution >= 0.6 is 11.8 Å². The Morgan fingerprint density at radius 1 is 1.22 bits per heavy atom. The Bertz CT molecular complexity index is 773. The molecule has 0 fully saturated rings. The molecule has 0 aromatic heterocycles. The highest BCUT2D eigenvalue weighted by Gasteiger charge is 2.22. The van der Waals surface area contributed by atoms with Crippen molar-refractivity contribution in [2.45, 2.75) is 24.3 Å². The van der Waals surface area contributed by atoms with Crippen LogP contribution in [-0.2, 0) is 0 Å². The number of hydrogen-bond donors (Lipinski definition) is 1. The smallest absolute Gasteiger partial charge is 0.251 e. The lowest BCUT2D eigenvalue weighted by molar-refractivity contribution is -0.255. The Kier molecular flexibility index (Phi) is 4.39. The maximum atomic E-state index is 12.5. The summed E-state index contributed by atoms with van der Waals surface area (Å²) < 4.78 is 0. The zero-order chi connectivity index (χ0) is 16.4. The average Bonchev–Trinajstić information content (AvgIpc) is 2.54. The fourth-order valence-electron chi connectivity index (χ4n) is 2.77. The number of aryl methyl sites for hydroxylation is 1. The average molecular weight is 326 g/mol. The van der Waals surface area contributed by atoms with E-state index in [2.05, 4.69) is 11.4 Å². The van der Waals surface area contributed by atoms with Crippen molar-refractivity contribution >= 4 is 23.6 Å². The van der Waals surface area contributed by atoms with Gasteiger partial charge in [0.2, 0.25) is 0 Å². The second kappa shape index (κ2) is 6.46. The van der Waals surface area contributed by atoms with Gasteiger partial charge in [-0.2, -0.15) is 0 Å². The molecule has 0 aliphatic carbocycles. The highest BCUT2D eigenvalue weighted by atomic mass is 32.2. The molecule has 3 rings (SSSR count). The fraction of sp³-hybridized carbons (Fsp3) is 0.222. The summed E-state index contributed by atoms with van der Waals surface area (Å²) in [5.74, 6) is -0.456. The molecule has 1 aliphatic rings. The van der Waals surface area contributed by atoms with Crippen molar-refractivity contribution in [1.29, 1.82) is 0 Å². The van der Waals surface area contributed by atoms with E-state index >= 15 is 0 Å². The Hall–Kier alpha value is -2.27. The van der Waals surface area contributed by atoms with Gasteiger partial charge in [-0.3, -0.25) is 4.79 Å². The topological polar surface area (TPSA) is 69.2 Å². The molecule has 1 atom stereocenters. The molecular weight excluding hydrogens is 310 g/mol. The third-order valence-corrected chi connectivity index (χ3v) is 5.09. The van der Waals surface area contributed by atoms with Crippen molar-refractivity contribution in [1.82, 2.24) is 5.32 Å². The van der Waals surface area contributed by atoms with E-state index in [1.807, 2.05) is 18.2 Å². The maximum absolute atomic E-state index is 12.5. The van der Waals surface area contributed by atoms with Crippen molar-refractivity contribution in [3.8, 4) is 0 Å². The lowest BCUT2D eigenvalue weighted by Gasteiger charge is -2.26. The van der Waals surface area contributed by atoms with Gasteiger partial charge in [0.1, 0.15) is 0 Å². The molecule has 0 saturated heterocycles. The lowest BCUT2D eigenvalue weighted by atomic mass is 10.0. The third kappa shape index (κ3) is 3.24. The van der Waals surface area contributed by atoms with Gasteiger partial charge < -0.3 is 15.2 Å². The first-order valence-electron chi connectivity index (χ1n) is 7.41. The number of fused-ring (bicyclic) bond motifs is 1. The van der Waals surface area contributed by atoms with Gasteiger partial charge in [-0.15, -0.1) is 11.8 Å². The van der Waals surface area contributed by atoms with Crippen LogP contribution in [0.5, 0.6) is 0 Å². The highest BCUT2D eigenvalue weighted by Crippen LogP contribution is 2.35. The second-order valence-electron chi connectivity index (χ2n) is 5.52. The summed E-state index contributed by atoms with van der Waals surface area (Å²) in [7, 11) is 0. The van der Waals surface area contributed by atoms with Crippen LogP contribution in [0.1, 0.15) is 44.3 Å². The van der Waals surface area contributed by atoms with Crippen LogP contribution in [0.2, 0.25) is 0 Å². The quantitative estimate of drug-likeness (QED) is 0.940. The summed E-state index contributed by atoms with van der Waals surface area (Å²) >= 11 is 1.80. The monoisotopic (exact) mass is 326 g/mol. The predicted octanol–water partition coefficient (Wildman–Crippen LogP) is 2.33. The Labute approximate surface area is 138 Å². The van der Waals surface area contributed by atoms with E-state index in [1.165, 1.54) is 17.0 Å². The molecule has 1 amide bonds. The minimum atomic E-state index is -1.23. The van der Waals surface area contributed by atoms with Gasteiger partial charge in [-0.25, -0.2) is 0 Å². The molecule has 1 aliphatic heterocycles. The second-order valence-corrected chi connectivity index (χ2v) is 6.65. The van der Waals surface area contributed by atoms with Gasteiger partial charge in [0.05, 0.1) is 12.0 Å². The van der Waals surface area contributed by atoms with Crippen molar-refractivity contribution in [2.24, 2.45) is 0 Å². The number of carboxylic acids is 1. The van der Waals surface area contributed by atoms with Crippen LogP contribution in [0.25, 0.3) is 0 Å². The third-order valence-electron chi connectivity index (χ3n) is 3.97. The molecule has 2 aromatic carbocycles. The maximum Gasteiger partial charge on any atom is 0.251 e. The molecule has 4 nitrogen and oxygen atoms in total. The summed E-state index contributed by atoms with van der Waals surface area (Å²) in [5, 5.41) is 14.0. The first-order valence-corrected chi connectivity index (χ1v) is 8.39. The van der Waals surface area contributed by atoms with E-state index in [1.54, 1.807) is 24.8 Å². The first kappa shape index (κ1) is 15.6. The number of amides is 1. The van der Waals surface area contributed by atoms with Crippen LogP contribution in [0.3, 0.4) is 0 Å². The van der Waals surface area contributed by atoms with Gasteiger partial charge in [-0.1, -0.05) is 24.3 Å². The van der Waals surface area contributed by atoms with E-state index < -0.39 is 5.97 Å². The van der Waals surface area contributed by atoms with E-state index in [0.29, 0.717) is 11.1 Å². The van der Waals surface area contributed by atoms with E-state index in [4.69, 9.17) is 0 Å². The van der Waals surface area contributed by atoms with E-state index in [-0.39, 0.29) is 17.5 Å². The summed E-state index contributed by atoms with van der Waals surface area (Å²) in [6, 6.07) is 12.6. The molecular formula is C18H16NO3S-. The summed E-state index contributed by atoms with van der Waals surface area (Å²) in [4.78, 5) is 24.6. The number of hydrogen-bond acceptors (Lipinski definition) is 4. The van der Waals surface area contributed by atoms with Crippen LogP contribution in [0.4, 0.5) is 0 Å². The Morgan fingerprint density at radius 3 is 2.74 bits per heavy atom. The van der Waals surface area contributed by atoms with Crippen LogP contribution in [-0.4, -0.2) is 17.6 Å². The lowest BCUT2D eigenvalue weighted by Crippen LogP contribution is -2.31. The van der Waals surface area contributed by atoms with Gasteiger partial charge in [0.25, 0.3) is 5.91 Å². The SMILES string of the molecule is Cc1cc(C(=O)NC2CCSc3ccccc32)ccc1C(=O)[O-]. The van der Waals surface area contributed by atoms with Crippen molar-refractivity contribution in [2.75, 3.05) is 5.75 Å². The van der Waals surface area contributed by atoms with E-state index in [0.717, 1.165) is 17.7 Å². The molecule has 23 heavy (non-hydrogen) atoms. The standard InChI is InChI=1S/C18H17NO3S/c1-11-10-12(6-7-13(11)18(21)22)17(20)19-15-8-9-23-16-5-3-2-4-14(15)16/h2-7,10,15H,8-9H2,1H3,(H,19,20)(H,21,22)/p-1. The number of carbonyl (C=O) groups is 2. The molecule has 1 N–H and O–H groups in total. The molecule has 5 heteroatoms. The molecule has 2 aromatic rings. The molecule has 1 unspecified atom stereocenters. The van der Waals surface area contributed by atoms with Crippen molar-refractivity contribution in [3.05, 3.63) is 64.7 Å². The first-order chi connectivity index (χ1) is 11.1. The zero-order valence-electron chi connectivity index (χ0n) is 12.7. The summed E-state index contributed by atoms with van der Waals surface area (Å²) in [6.07, 6.45) is 0.879. The fourth-order valence-corrected chi connectivity index (χ4v) is 3.89. The highest BCUT2D eigenvalue weighted by molar-refractivity contribution is 7.99. The minimum Gasteiger partial charge on any atom is -0.545 e. The molecule has 0 spiro atoms. The zero-order valence-corrected chi connectivity index (χ0v) is 13.5. The van der Waals surface area contributed by atoms with Crippen molar-refractivity contribution < 1.29 is 14.7 Å². The van der Waals surface area contributed by atoms with Crippen molar-refractivity contribution in [3.63, 3.8) is 0 Å². The molecule has 1 heterocycles. The molecule has 118 valence electrons. The number of benzene rings is 2. The number of nitrogens with one attached hydrogen (secondary N) is 1. The Balaban J connectivity index is 1.80. The summed E-state index contributed by atoms with van der Waals surface area (Å²) in [6.45, 7) is 1.66. The van der Waals surface area contributed by atoms with Gasteiger partial charge in [0.15, 0.2) is 0 Å². The van der Waals surface area contributed by atoms with Gasteiger partial charge in [-0.05, 0) is 42.7 Å². The van der Waals surface area contributed by atoms with Crippen LogP contribution < -0.4 is 10.4 Å². The Morgan fingerprint density at radius 2 is 2.00 bits per heavy atom.